The fourth-order valence-corrected chi connectivity index (χ4v) is 5.01. The lowest BCUT2D eigenvalue weighted by atomic mass is 10.1. The quantitative estimate of drug-likeness (QED) is 0.566. The summed E-state index contributed by atoms with van der Waals surface area (Å²) in [6.07, 6.45) is 0. The van der Waals surface area contributed by atoms with Crippen molar-refractivity contribution in [2.24, 2.45) is 0 Å². The lowest BCUT2D eigenvalue weighted by molar-refractivity contribution is -0.385. The minimum absolute atomic E-state index is 0.0621. The molecule has 0 bridgehead atoms. The van der Waals surface area contributed by atoms with Gasteiger partial charge in [0, 0.05) is 44.9 Å². The summed E-state index contributed by atoms with van der Waals surface area (Å²) in [6, 6.07) is 10.0. The van der Waals surface area contributed by atoms with Crippen LogP contribution in [-0.2, 0) is 16.6 Å². The molecule has 1 heterocycles. The number of nitro benzene ring substituents is 1. The lowest BCUT2D eigenvalue weighted by Crippen LogP contribution is -2.46. The highest BCUT2D eigenvalue weighted by molar-refractivity contribution is 7.89. The molecule has 9 heteroatoms. The molecular weight excluding hydrogens is 380 g/mol. The molecule has 1 aliphatic heterocycles. The smallest absolute Gasteiger partial charge is 0.270 e. The summed E-state index contributed by atoms with van der Waals surface area (Å²) in [5.41, 5.74) is 3.37. The van der Waals surface area contributed by atoms with Crippen LogP contribution in [0.4, 0.5) is 11.4 Å². The molecule has 2 aromatic carbocycles. The second kappa shape index (κ2) is 8.26. The monoisotopic (exact) mass is 404 g/mol. The fraction of sp³-hybridized carbons (Fsp3) is 0.368. The Morgan fingerprint density at radius 2 is 1.75 bits per heavy atom. The maximum Gasteiger partial charge on any atom is 0.270 e. The van der Waals surface area contributed by atoms with E-state index >= 15 is 0 Å². The van der Waals surface area contributed by atoms with Crippen molar-refractivity contribution < 1.29 is 13.3 Å². The minimum atomic E-state index is -3.84. The maximum atomic E-state index is 13.1. The van der Waals surface area contributed by atoms with Gasteiger partial charge in [-0.05, 0) is 25.5 Å². The minimum Gasteiger partial charge on any atom is -0.380 e. The first-order valence-electron chi connectivity index (χ1n) is 9.08. The number of benzene rings is 2. The van der Waals surface area contributed by atoms with Crippen molar-refractivity contribution >= 4 is 21.4 Å². The number of hydrogen-bond acceptors (Lipinski definition) is 6. The van der Waals surface area contributed by atoms with Gasteiger partial charge >= 0.3 is 0 Å². The number of nitrogens with one attached hydrogen (secondary N) is 2. The van der Waals surface area contributed by atoms with E-state index in [1.54, 1.807) is 0 Å². The third kappa shape index (κ3) is 4.49. The lowest BCUT2D eigenvalue weighted by Gasteiger charge is -2.27. The highest BCUT2D eigenvalue weighted by Gasteiger charge is 2.30. The summed E-state index contributed by atoms with van der Waals surface area (Å²) < 4.78 is 27.6. The van der Waals surface area contributed by atoms with E-state index < -0.39 is 14.9 Å². The third-order valence-corrected chi connectivity index (χ3v) is 6.57. The Bertz CT molecular complexity index is 965. The molecule has 8 nitrogen and oxygen atoms in total. The molecule has 0 saturated carbocycles. The SMILES string of the molecule is Cc1cc(C)cc(CNc2ccc([N+](=O)[O-])cc2S(=O)(=O)N2CCNCC2)c1. The molecule has 28 heavy (non-hydrogen) atoms. The molecule has 0 amide bonds. The zero-order chi connectivity index (χ0) is 20.3. The van der Waals surface area contributed by atoms with Gasteiger partial charge in [-0.2, -0.15) is 4.31 Å². The van der Waals surface area contributed by atoms with Gasteiger partial charge in [-0.3, -0.25) is 10.1 Å². The highest BCUT2D eigenvalue weighted by Crippen LogP contribution is 2.29. The Hall–Kier alpha value is -2.49. The van der Waals surface area contributed by atoms with Crippen molar-refractivity contribution in [2.45, 2.75) is 25.3 Å². The summed E-state index contributed by atoms with van der Waals surface area (Å²) >= 11 is 0. The number of sulfonamides is 1. The number of hydrogen-bond donors (Lipinski definition) is 2. The number of nitrogens with zero attached hydrogens (tertiary/aromatic N) is 2. The van der Waals surface area contributed by atoms with E-state index in [0.717, 1.165) is 22.8 Å². The molecule has 3 rings (SSSR count). The normalized spacial score (nSPS) is 15.4. The zero-order valence-corrected chi connectivity index (χ0v) is 16.8. The van der Waals surface area contributed by atoms with E-state index in [0.29, 0.717) is 38.4 Å². The topological polar surface area (TPSA) is 105 Å². The van der Waals surface area contributed by atoms with Gasteiger partial charge in [0.15, 0.2) is 0 Å². The van der Waals surface area contributed by atoms with Gasteiger partial charge in [0.25, 0.3) is 5.69 Å². The van der Waals surface area contributed by atoms with Gasteiger partial charge in [0.05, 0.1) is 10.6 Å². The Balaban J connectivity index is 1.95. The standard InChI is InChI=1S/C19H24N4O4S/c1-14-9-15(2)11-16(10-14)13-21-18-4-3-17(23(24)25)12-19(18)28(26,27)22-7-5-20-6-8-22/h3-4,9-12,20-21H,5-8,13H2,1-2H3. The number of non-ortho nitro benzene ring substituents is 1. The summed E-state index contributed by atoms with van der Waals surface area (Å²) in [5.74, 6) is 0. The van der Waals surface area contributed by atoms with Crippen molar-refractivity contribution in [3.8, 4) is 0 Å². The van der Waals surface area contributed by atoms with Crippen molar-refractivity contribution in [1.29, 1.82) is 0 Å². The van der Waals surface area contributed by atoms with Crippen LogP contribution in [0, 0.1) is 24.0 Å². The zero-order valence-electron chi connectivity index (χ0n) is 15.9. The molecule has 0 aliphatic carbocycles. The number of rotatable bonds is 6. The van der Waals surface area contributed by atoms with Crippen LogP contribution >= 0.6 is 0 Å². The van der Waals surface area contributed by atoms with Crippen LogP contribution in [0.2, 0.25) is 0 Å². The fourth-order valence-electron chi connectivity index (χ4n) is 3.38. The average molecular weight is 404 g/mol. The van der Waals surface area contributed by atoms with E-state index in [9.17, 15) is 18.5 Å². The molecule has 0 atom stereocenters. The van der Waals surface area contributed by atoms with E-state index in [2.05, 4.69) is 16.7 Å². The van der Waals surface area contributed by atoms with Crippen molar-refractivity contribution in [1.82, 2.24) is 9.62 Å². The van der Waals surface area contributed by atoms with Crippen molar-refractivity contribution in [2.75, 3.05) is 31.5 Å². The Morgan fingerprint density at radius 1 is 1.11 bits per heavy atom. The first-order chi connectivity index (χ1) is 13.3. The molecule has 0 spiro atoms. The van der Waals surface area contributed by atoms with Crippen molar-refractivity contribution in [3.05, 3.63) is 63.2 Å². The second-order valence-corrected chi connectivity index (χ2v) is 8.85. The molecule has 0 radical (unpaired) electrons. The Kier molecular flexibility index (Phi) is 5.97. The molecule has 150 valence electrons. The van der Waals surface area contributed by atoms with Crippen LogP contribution in [0.25, 0.3) is 0 Å². The van der Waals surface area contributed by atoms with Gasteiger partial charge in [-0.15, -0.1) is 0 Å². The van der Waals surface area contributed by atoms with Crippen LogP contribution in [-0.4, -0.2) is 43.8 Å². The summed E-state index contributed by atoms with van der Waals surface area (Å²) in [5, 5.41) is 17.4. The summed E-state index contributed by atoms with van der Waals surface area (Å²) in [7, 11) is -3.84. The third-order valence-electron chi connectivity index (χ3n) is 4.63. The van der Waals surface area contributed by atoms with Gasteiger partial charge in [-0.25, -0.2) is 8.42 Å². The first-order valence-corrected chi connectivity index (χ1v) is 10.5. The van der Waals surface area contributed by atoms with Crippen LogP contribution in [0.5, 0.6) is 0 Å². The van der Waals surface area contributed by atoms with E-state index in [4.69, 9.17) is 0 Å². The number of anilines is 1. The molecule has 0 aromatic heterocycles. The highest BCUT2D eigenvalue weighted by atomic mass is 32.2. The predicted octanol–water partition coefficient (Wildman–Crippen LogP) is 2.42. The molecule has 1 fully saturated rings. The number of aryl methyl sites for hydroxylation is 2. The molecule has 1 aliphatic rings. The number of nitro groups is 1. The molecule has 2 N–H and O–H groups in total. The predicted molar refractivity (Wildman–Crippen MR) is 108 cm³/mol. The van der Waals surface area contributed by atoms with Gasteiger partial charge in [0.1, 0.15) is 4.90 Å². The van der Waals surface area contributed by atoms with Crippen LogP contribution in [0.3, 0.4) is 0 Å². The second-order valence-electron chi connectivity index (χ2n) is 6.94. The summed E-state index contributed by atoms with van der Waals surface area (Å²) in [6.45, 7) is 6.21. The first kappa shape index (κ1) is 20.2. The molecule has 0 unspecified atom stereocenters. The Morgan fingerprint density at radius 3 is 2.36 bits per heavy atom. The largest absolute Gasteiger partial charge is 0.380 e. The van der Waals surface area contributed by atoms with Crippen LogP contribution in [0.15, 0.2) is 41.3 Å². The van der Waals surface area contributed by atoms with Crippen molar-refractivity contribution in [3.63, 3.8) is 0 Å². The van der Waals surface area contributed by atoms with E-state index in [-0.39, 0.29) is 10.6 Å². The molecular formula is C19H24N4O4S. The van der Waals surface area contributed by atoms with Gasteiger partial charge in [0.2, 0.25) is 10.0 Å². The Labute approximate surface area is 164 Å². The van der Waals surface area contributed by atoms with Crippen LogP contribution in [0.1, 0.15) is 16.7 Å². The molecule has 1 saturated heterocycles. The molecule has 2 aromatic rings. The average Bonchev–Trinajstić information content (AvgIpc) is 2.66. The van der Waals surface area contributed by atoms with E-state index in [1.165, 1.54) is 16.4 Å². The van der Waals surface area contributed by atoms with E-state index in [1.807, 2.05) is 26.0 Å². The van der Waals surface area contributed by atoms with Gasteiger partial charge in [-0.1, -0.05) is 29.3 Å². The maximum absolute atomic E-state index is 13.1. The summed E-state index contributed by atoms with van der Waals surface area (Å²) in [4.78, 5) is 10.5. The van der Waals surface area contributed by atoms with Crippen LogP contribution < -0.4 is 10.6 Å². The number of piperazine rings is 1. The van der Waals surface area contributed by atoms with Gasteiger partial charge < -0.3 is 10.6 Å².